The van der Waals surface area contributed by atoms with Crippen molar-refractivity contribution in [1.29, 1.82) is 0 Å². The molecule has 0 aliphatic carbocycles. The number of ether oxygens (including phenoxy) is 8. The van der Waals surface area contributed by atoms with Crippen molar-refractivity contribution in [2.24, 2.45) is 23.2 Å². The highest BCUT2D eigenvalue weighted by Crippen LogP contribution is 2.31. The predicted octanol–water partition coefficient (Wildman–Crippen LogP) is 2.95. The lowest BCUT2D eigenvalue weighted by Gasteiger charge is -2.40. The van der Waals surface area contributed by atoms with Crippen LogP contribution in [-0.4, -0.2) is 234 Å². The number of aliphatic hydroxyl groups is 9. The number of hydrogen-bond donors (Lipinski definition) is 11. The Morgan fingerprint density at radius 1 is 0.371 bits per heavy atom. The number of carbonyl (C=O) groups is 6. The minimum Gasteiger partial charge on any atom is -0.394 e. The molecule has 3 fully saturated rings. The second-order valence-electron chi connectivity index (χ2n) is 25.1. The molecular formula is C64H114N2O23. The molecule has 25 heteroatoms. The summed E-state index contributed by atoms with van der Waals surface area (Å²) in [5, 5.41) is 94.8. The molecule has 25 nitrogen and oxygen atoms in total. The van der Waals surface area contributed by atoms with E-state index in [9.17, 15) is 74.7 Å². The molecule has 0 aromatic rings. The van der Waals surface area contributed by atoms with Crippen molar-refractivity contribution in [3.63, 3.8) is 0 Å². The maximum absolute atomic E-state index is 12.8. The van der Waals surface area contributed by atoms with Gasteiger partial charge in [-0.3, -0.25) is 28.8 Å². The first kappa shape index (κ1) is 80.2. The Kier molecular flexibility index (Phi) is 41.5. The van der Waals surface area contributed by atoms with Gasteiger partial charge in [0.25, 0.3) is 0 Å². The third-order valence-corrected chi connectivity index (χ3v) is 17.1. The minimum absolute atomic E-state index is 0.0719. The van der Waals surface area contributed by atoms with Gasteiger partial charge in [0.15, 0.2) is 18.9 Å². The fourth-order valence-electron chi connectivity index (χ4n) is 11.0. The standard InChI is InChI=1S/C64H114N2O23/c1-43-55(76)58(79)50(38-67)87-61(43)84-33-16-12-24-46(70)20-7-5-9-22-48(72)28-36-82-41-64(4,30-15-11-26-53(74)65-31-19-32-66-54(75)27-14-18-35-86-63-45(3)57(78)60(81)52(40-69)89-63)42-83-37-29-49(73)23-10-6-8-21-47(71)25-13-17-34-85-62-44(2)56(77)59(80)51(39-68)88-62/h43-45,50-52,55-63,67-69,76-81H,5-42H2,1-4H3,(H,65,74)(H,66,75). The second-order valence-corrected chi connectivity index (χ2v) is 25.1. The summed E-state index contributed by atoms with van der Waals surface area (Å²) in [5.74, 6) is -1.25. The summed E-state index contributed by atoms with van der Waals surface area (Å²) >= 11 is 0. The molecule has 11 N–H and O–H groups in total. The van der Waals surface area contributed by atoms with Gasteiger partial charge in [-0.05, 0) is 83.5 Å². The Labute approximate surface area is 527 Å². The summed E-state index contributed by atoms with van der Waals surface area (Å²) in [6, 6.07) is 0. The summed E-state index contributed by atoms with van der Waals surface area (Å²) < 4.78 is 46.0. The van der Waals surface area contributed by atoms with Crippen LogP contribution in [-0.2, 0) is 66.7 Å². The number of ketones is 4. The average Bonchev–Trinajstić information content (AvgIpc) is 3.38. The van der Waals surface area contributed by atoms with E-state index < -0.39 is 117 Å². The summed E-state index contributed by atoms with van der Waals surface area (Å²) in [6.07, 6.45) is 1.92. The van der Waals surface area contributed by atoms with Crippen molar-refractivity contribution in [1.82, 2.24) is 10.6 Å². The average molecular weight is 1280 g/mol. The van der Waals surface area contributed by atoms with Crippen LogP contribution in [0.1, 0.15) is 195 Å². The normalized spacial score (nSPS) is 27.9. The maximum Gasteiger partial charge on any atom is 0.219 e. The highest BCUT2D eigenvalue weighted by molar-refractivity contribution is 5.80. The second kappa shape index (κ2) is 46.1. The Balaban J connectivity index is 1.29. The van der Waals surface area contributed by atoms with Crippen molar-refractivity contribution in [3.8, 4) is 0 Å². The molecular weight excluding hydrogens is 1160 g/mol. The molecule has 518 valence electrons. The van der Waals surface area contributed by atoms with Crippen molar-refractivity contribution in [2.75, 3.05) is 79.2 Å². The Hall–Kier alpha value is -3.06. The fraction of sp³-hybridized carbons (Fsp3) is 0.906. The Morgan fingerprint density at radius 2 is 0.663 bits per heavy atom. The van der Waals surface area contributed by atoms with Crippen LogP contribution >= 0.6 is 0 Å². The van der Waals surface area contributed by atoms with Crippen molar-refractivity contribution in [2.45, 2.75) is 268 Å². The number of rotatable bonds is 52. The quantitative estimate of drug-likeness (QED) is 0.0390. The van der Waals surface area contributed by atoms with Crippen molar-refractivity contribution >= 4 is 34.9 Å². The number of aliphatic hydroxyl groups excluding tert-OH is 9. The van der Waals surface area contributed by atoms with Crippen molar-refractivity contribution in [3.05, 3.63) is 0 Å². The Morgan fingerprint density at radius 3 is 0.989 bits per heavy atom. The monoisotopic (exact) mass is 1280 g/mol. The van der Waals surface area contributed by atoms with Crippen LogP contribution in [0.25, 0.3) is 0 Å². The maximum atomic E-state index is 12.8. The van der Waals surface area contributed by atoms with Crippen molar-refractivity contribution < 1.29 is 113 Å². The van der Waals surface area contributed by atoms with E-state index in [1.807, 2.05) is 6.92 Å². The molecule has 89 heavy (non-hydrogen) atoms. The van der Waals surface area contributed by atoms with Gasteiger partial charge in [0.1, 0.15) is 59.8 Å². The molecule has 3 aliphatic heterocycles. The molecule has 0 aromatic carbocycles. The molecule has 0 aromatic heterocycles. The number of Topliss-reactive ketones (excluding diaryl/α,β-unsaturated/α-hetero) is 4. The Bertz CT molecular complexity index is 1750. The molecule has 3 saturated heterocycles. The van der Waals surface area contributed by atoms with Crippen LogP contribution in [0.4, 0.5) is 0 Å². The van der Waals surface area contributed by atoms with Crippen LogP contribution in [0.2, 0.25) is 0 Å². The van der Waals surface area contributed by atoms with Crippen LogP contribution in [0.15, 0.2) is 0 Å². The third-order valence-electron chi connectivity index (χ3n) is 17.1. The van der Waals surface area contributed by atoms with Gasteiger partial charge >= 0.3 is 0 Å². The van der Waals surface area contributed by atoms with Crippen LogP contribution < -0.4 is 10.6 Å². The van der Waals surface area contributed by atoms with Crippen LogP contribution in [0.5, 0.6) is 0 Å². The lowest BCUT2D eigenvalue weighted by molar-refractivity contribution is -0.282. The first-order valence-electron chi connectivity index (χ1n) is 33.1. The molecule has 15 atom stereocenters. The van der Waals surface area contributed by atoms with E-state index in [1.165, 1.54) is 0 Å². The molecule has 3 rings (SSSR count). The van der Waals surface area contributed by atoms with Gasteiger partial charge in [-0.25, -0.2) is 0 Å². The van der Waals surface area contributed by atoms with Gasteiger partial charge in [0.2, 0.25) is 11.8 Å². The molecule has 0 bridgehead atoms. The van der Waals surface area contributed by atoms with E-state index >= 15 is 0 Å². The first-order valence-corrected chi connectivity index (χ1v) is 33.1. The van der Waals surface area contributed by atoms with E-state index in [-0.39, 0.29) is 74.0 Å². The summed E-state index contributed by atoms with van der Waals surface area (Å²) in [4.78, 5) is 75.7. The summed E-state index contributed by atoms with van der Waals surface area (Å²) in [7, 11) is 0. The molecule has 3 aliphatic rings. The molecule has 0 spiro atoms. The molecule has 0 saturated carbocycles. The number of amides is 2. The zero-order valence-corrected chi connectivity index (χ0v) is 53.8. The smallest absolute Gasteiger partial charge is 0.219 e. The molecule has 3 heterocycles. The third kappa shape index (κ3) is 32.1. The molecule has 15 unspecified atom stereocenters. The zero-order valence-electron chi connectivity index (χ0n) is 53.8. The van der Waals surface area contributed by atoms with Gasteiger partial charge in [-0.1, -0.05) is 47.0 Å². The molecule has 0 radical (unpaired) electrons. The number of hydrogen-bond acceptors (Lipinski definition) is 23. The van der Waals surface area contributed by atoms with Gasteiger partial charge in [-0.15, -0.1) is 0 Å². The van der Waals surface area contributed by atoms with Gasteiger partial charge < -0.3 is 94.5 Å². The van der Waals surface area contributed by atoms with Crippen LogP contribution in [0.3, 0.4) is 0 Å². The highest BCUT2D eigenvalue weighted by Gasteiger charge is 2.44. The number of carbonyl (C=O) groups excluding carboxylic acids is 6. The van der Waals surface area contributed by atoms with E-state index in [0.717, 1.165) is 12.8 Å². The highest BCUT2D eigenvalue weighted by atomic mass is 16.7. The van der Waals surface area contributed by atoms with E-state index in [2.05, 4.69) is 10.6 Å². The molecule has 2 amide bonds. The predicted molar refractivity (Wildman–Crippen MR) is 324 cm³/mol. The SMILES string of the molecule is CC1C(OCCCCC(=O)CCCCCC(=O)CCOCC(C)(CCCCC(=O)NCCCNC(=O)CCCCOC2OC(CO)C(O)C(O)C2C)COCCC(=O)CCCCCC(=O)CCCCOC2OC(CO)C(O)C(O)C2C)OC(CO)C(O)C1O. The van der Waals surface area contributed by atoms with Gasteiger partial charge in [-0.2, -0.15) is 0 Å². The lowest BCUT2D eigenvalue weighted by Crippen LogP contribution is -2.55. The number of unbranched alkanes of at least 4 members (excludes halogenated alkanes) is 8. The zero-order chi connectivity index (χ0) is 65.6. The number of nitrogens with one attached hydrogen (secondary N) is 2. The van der Waals surface area contributed by atoms with E-state index in [0.29, 0.717) is 174 Å². The van der Waals surface area contributed by atoms with Crippen LogP contribution in [0, 0.1) is 23.2 Å². The largest absolute Gasteiger partial charge is 0.394 e. The minimum atomic E-state index is -1.20. The van der Waals surface area contributed by atoms with Gasteiger partial charge in [0.05, 0.1) is 64.6 Å². The van der Waals surface area contributed by atoms with Gasteiger partial charge in [0, 0.05) is 120 Å². The van der Waals surface area contributed by atoms with E-state index in [4.69, 9.17) is 37.9 Å². The summed E-state index contributed by atoms with van der Waals surface area (Å²) in [5.41, 5.74) is -0.464. The first-order chi connectivity index (χ1) is 42.6. The van der Waals surface area contributed by atoms with E-state index in [1.54, 1.807) is 20.8 Å². The lowest BCUT2D eigenvalue weighted by atomic mass is 9.86. The fourth-order valence-corrected chi connectivity index (χ4v) is 11.0. The topological polar surface area (TPSA) is 382 Å². The summed E-state index contributed by atoms with van der Waals surface area (Å²) in [6.45, 7) is 8.55.